The standard InChI is InChI=1S/C20H17F5N4O/c1-11(20(23,24)25)28-19(30)15-10-27-16(9-26)17(18(15)29-4-2-3-5-29)12-6-13(21)8-14(22)7-12/h6-8,10-11H,2-5H2,1H3,(H,28,30)/t11-/m0/s1. The lowest BCUT2D eigenvalue weighted by atomic mass is 9.97. The molecular weight excluding hydrogens is 407 g/mol. The molecule has 0 bridgehead atoms. The summed E-state index contributed by atoms with van der Waals surface area (Å²) in [6.07, 6.45) is -2.13. The van der Waals surface area contributed by atoms with Crippen molar-refractivity contribution in [2.24, 2.45) is 0 Å². The van der Waals surface area contributed by atoms with E-state index in [0.29, 0.717) is 19.2 Å². The fourth-order valence-corrected chi connectivity index (χ4v) is 3.35. The van der Waals surface area contributed by atoms with Gasteiger partial charge in [0.1, 0.15) is 29.4 Å². The molecule has 2 heterocycles. The van der Waals surface area contributed by atoms with Gasteiger partial charge in [0.25, 0.3) is 5.91 Å². The number of amides is 1. The highest BCUT2D eigenvalue weighted by molar-refractivity contribution is 6.04. The average molecular weight is 424 g/mol. The molecule has 5 nitrogen and oxygen atoms in total. The van der Waals surface area contributed by atoms with Crippen molar-refractivity contribution in [3.8, 4) is 17.2 Å². The number of nitrogens with zero attached hydrogens (tertiary/aromatic N) is 3. The monoisotopic (exact) mass is 424 g/mol. The van der Waals surface area contributed by atoms with Crippen LogP contribution < -0.4 is 10.2 Å². The van der Waals surface area contributed by atoms with E-state index in [4.69, 9.17) is 0 Å². The second-order valence-electron chi connectivity index (χ2n) is 6.94. The fraction of sp³-hybridized carbons (Fsp3) is 0.350. The molecule has 158 valence electrons. The number of halogens is 5. The number of nitrogens with one attached hydrogen (secondary N) is 1. The van der Waals surface area contributed by atoms with Gasteiger partial charge in [0.05, 0.1) is 11.3 Å². The van der Waals surface area contributed by atoms with E-state index in [9.17, 15) is 32.0 Å². The van der Waals surface area contributed by atoms with E-state index >= 15 is 0 Å². The van der Waals surface area contributed by atoms with E-state index in [2.05, 4.69) is 4.98 Å². The fourth-order valence-electron chi connectivity index (χ4n) is 3.35. The summed E-state index contributed by atoms with van der Waals surface area (Å²) >= 11 is 0. The highest BCUT2D eigenvalue weighted by atomic mass is 19.4. The molecule has 1 atom stereocenters. The highest BCUT2D eigenvalue weighted by Gasteiger charge is 2.38. The van der Waals surface area contributed by atoms with Crippen LogP contribution in [0.1, 0.15) is 35.8 Å². The number of benzene rings is 1. The Kier molecular flexibility index (Phi) is 5.92. The van der Waals surface area contributed by atoms with E-state index in [0.717, 1.165) is 38.1 Å². The van der Waals surface area contributed by atoms with Crippen LogP contribution in [0.4, 0.5) is 27.6 Å². The van der Waals surface area contributed by atoms with Gasteiger partial charge in [-0.3, -0.25) is 4.79 Å². The lowest BCUT2D eigenvalue weighted by Gasteiger charge is -2.26. The van der Waals surface area contributed by atoms with E-state index in [1.165, 1.54) is 0 Å². The van der Waals surface area contributed by atoms with E-state index in [1.54, 1.807) is 4.90 Å². The van der Waals surface area contributed by atoms with Crippen molar-refractivity contribution >= 4 is 11.6 Å². The molecule has 3 rings (SSSR count). The molecule has 1 saturated heterocycles. The van der Waals surface area contributed by atoms with Crippen molar-refractivity contribution in [3.05, 3.63) is 47.3 Å². The molecule has 0 saturated carbocycles. The number of pyridine rings is 1. The third kappa shape index (κ3) is 4.35. The summed E-state index contributed by atoms with van der Waals surface area (Å²) in [5.74, 6) is -2.85. The number of carbonyl (C=O) groups excluding carboxylic acids is 1. The first-order chi connectivity index (χ1) is 14.1. The predicted octanol–water partition coefficient (Wildman–Crippen LogP) is 4.18. The van der Waals surface area contributed by atoms with Gasteiger partial charge in [-0.2, -0.15) is 18.4 Å². The number of hydrogen-bond acceptors (Lipinski definition) is 4. The van der Waals surface area contributed by atoms with Crippen LogP contribution >= 0.6 is 0 Å². The van der Waals surface area contributed by atoms with Crippen LogP contribution in [0.15, 0.2) is 24.4 Å². The van der Waals surface area contributed by atoms with Crippen molar-refractivity contribution in [3.63, 3.8) is 0 Å². The minimum atomic E-state index is -4.65. The van der Waals surface area contributed by atoms with Crippen LogP contribution in [0.25, 0.3) is 11.1 Å². The Bertz CT molecular complexity index is 989. The molecule has 1 aliphatic heterocycles. The molecule has 1 aromatic heterocycles. The van der Waals surface area contributed by atoms with Crippen LogP contribution in [0.3, 0.4) is 0 Å². The van der Waals surface area contributed by atoms with E-state index < -0.39 is 29.8 Å². The summed E-state index contributed by atoms with van der Waals surface area (Å²) in [7, 11) is 0. The molecule has 1 aromatic carbocycles. The van der Waals surface area contributed by atoms with Crippen molar-refractivity contribution in [1.82, 2.24) is 10.3 Å². The van der Waals surface area contributed by atoms with Gasteiger partial charge < -0.3 is 10.2 Å². The molecule has 1 amide bonds. The maximum Gasteiger partial charge on any atom is 0.408 e. The Morgan fingerprint density at radius 2 is 1.80 bits per heavy atom. The van der Waals surface area contributed by atoms with Gasteiger partial charge >= 0.3 is 6.18 Å². The van der Waals surface area contributed by atoms with Crippen LogP contribution in [0.2, 0.25) is 0 Å². The third-order valence-electron chi connectivity index (χ3n) is 4.81. The lowest BCUT2D eigenvalue weighted by molar-refractivity contribution is -0.149. The van der Waals surface area contributed by atoms with Gasteiger partial charge in [-0.15, -0.1) is 0 Å². The molecule has 1 fully saturated rings. The van der Waals surface area contributed by atoms with Crippen molar-refractivity contribution in [1.29, 1.82) is 5.26 Å². The molecule has 30 heavy (non-hydrogen) atoms. The van der Waals surface area contributed by atoms with E-state index in [1.807, 2.05) is 11.4 Å². The largest absolute Gasteiger partial charge is 0.408 e. The van der Waals surface area contributed by atoms with Crippen LogP contribution in [-0.2, 0) is 0 Å². The zero-order valence-electron chi connectivity index (χ0n) is 15.9. The van der Waals surface area contributed by atoms with Gasteiger partial charge in [0.2, 0.25) is 0 Å². The number of nitriles is 1. The normalized spacial score (nSPS) is 15.0. The first kappa shape index (κ1) is 21.5. The predicted molar refractivity (Wildman–Crippen MR) is 98.7 cm³/mol. The second kappa shape index (κ2) is 8.26. The molecule has 2 aromatic rings. The SMILES string of the molecule is C[C@H](NC(=O)c1cnc(C#N)c(-c2cc(F)cc(F)c2)c1N1CCCC1)C(F)(F)F. The lowest BCUT2D eigenvalue weighted by Crippen LogP contribution is -2.43. The number of rotatable bonds is 4. The molecule has 0 unspecified atom stereocenters. The summed E-state index contributed by atoms with van der Waals surface area (Å²) in [6.45, 7) is 1.73. The number of alkyl halides is 3. The van der Waals surface area contributed by atoms with Crippen LogP contribution in [-0.4, -0.2) is 36.2 Å². The molecule has 0 spiro atoms. The summed E-state index contributed by atoms with van der Waals surface area (Å²) in [5, 5.41) is 11.4. The van der Waals surface area contributed by atoms with Gasteiger partial charge in [0.15, 0.2) is 0 Å². The van der Waals surface area contributed by atoms with Gasteiger partial charge in [-0.1, -0.05) is 0 Å². The smallest absolute Gasteiger partial charge is 0.370 e. The summed E-state index contributed by atoms with van der Waals surface area (Å²) in [4.78, 5) is 18.3. The minimum absolute atomic E-state index is 0.00473. The molecule has 10 heteroatoms. The number of aromatic nitrogens is 1. The maximum atomic E-state index is 13.9. The first-order valence-electron chi connectivity index (χ1n) is 9.14. The number of hydrogen-bond donors (Lipinski definition) is 1. The van der Waals surface area contributed by atoms with Crippen LogP contribution in [0.5, 0.6) is 0 Å². The van der Waals surface area contributed by atoms with Crippen molar-refractivity contribution in [2.75, 3.05) is 18.0 Å². The van der Waals surface area contributed by atoms with E-state index in [-0.39, 0.29) is 28.1 Å². The van der Waals surface area contributed by atoms with Gasteiger partial charge in [-0.25, -0.2) is 13.8 Å². The highest BCUT2D eigenvalue weighted by Crippen LogP contribution is 2.38. The Morgan fingerprint density at radius 1 is 1.20 bits per heavy atom. The van der Waals surface area contributed by atoms with Crippen molar-refractivity contribution in [2.45, 2.75) is 32.0 Å². The topological polar surface area (TPSA) is 69.0 Å². The number of carbonyl (C=O) groups is 1. The number of anilines is 1. The Morgan fingerprint density at radius 3 is 2.33 bits per heavy atom. The second-order valence-corrected chi connectivity index (χ2v) is 6.94. The van der Waals surface area contributed by atoms with Gasteiger partial charge in [-0.05, 0) is 37.5 Å². The zero-order chi connectivity index (χ0) is 22.1. The zero-order valence-corrected chi connectivity index (χ0v) is 15.9. The molecular formula is C20H17F5N4O. The van der Waals surface area contributed by atoms with Crippen LogP contribution in [0, 0.1) is 23.0 Å². The Hall–Kier alpha value is -3.22. The molecule has 0 radical (unpaired) electrons. The molecule has 1 aliphatic rings. The summed E-state index contributed by atoms with van der Waals surface area (Å²) in [5.41, 5.74) is -0.285. The Balaban J connectivity index is 2.21. The van der Waals surface area contributed by atoms with Crippen molar-refractivity contribution < 1.29 is 26.7 Å². The van der Waals surface area contributed by atoms with Gasteiger partial charge in [0, 0.05) is 30.9 Å². The summed E-state index contributed by atoms with van der Waals surface area (Å²) in [6, 6.07) is 2.34. The first-order valence-corrected chi connectivity index (χ1v) is 9.14. The molecule has 0 aliphatic carbocycles. The average Bonchev–Trinajstić information content (AvgIpc) is 3.19. The Labute approximate surface area is 169 Å². The summed E-state index contributed by atoms with van der Waals surface area (Å²) < 4.78 is 66.5. The minimum Gasteiger partial charge on any atom is -0.370 e. The quantitative estimate of drug-likeness (QED) is 0.748. The third-order valence-corrected chi connectivity index (χ3v) is 4.81. The molecule has 1 N–H and O–H groups in total. The maximum absolute atomic E-state index is 13.9.